The lowest BCUT2D eigenvalue weighted by Crippen LogP contribution is -2.31. The normalized spacial score (nSPS) is 15.4. The SMILES string of the molecule is COc1cc(C2CC(=O)Nc3nc(-c4ccccc4)[nH]c(=O)c32)cc(OC)c1O. The molecule has 0 bridgehead atoms. The van der Waals surface area contributed by atoms with E-state index in [2.05, 4.69) is 15.3 Å². The fourth-order valence-electron chi connectivity index (χ4n) is 3.50. The van der Waals surface area contributed by atoms with Gasteiger partial charge in [0.15, 0.2) is 11.5 Å². The van der Waals surface area contributed by atoms with Crippen molar-refractivity contribution in [2.45, 2.75) is 12.3 Å². The van der Waals surface area contributed by atoms with Gasteiger partial charge in [-0.25, -0.2) is 4.98 Å². The molecule has 148 valence electrons. The minimum atomic E-state index is -0.566. The van der Waals surface area contributed by atoms with Crippen LogP contribution in [0.2, 0.25) is 0 Å². The first-order chi connectivity index (χ1) is 14.0. The molecule has 3 N–H and O–H groups in total. The standard InChI is InChI=1S/C21H19N3O5/c1-28-14-8-12(9-15(29-2)18(14)26)13-10-16(25)22-20-17(13)21(27)24-19(23-20)11-6-4-3-5-7-11/h3-9,13,26H,10H2,1-2H3,(H2,22,23,24,25,27). The Hall–Kier alpha value is -3.81. The number of nitrogens with one attached hydrogen (secondary N) is 2. The van der Waals surface area contributed by atoms with E-state index >= 15 is 0 Å². The second-order valence-corrected chi connectivity index (χ2v) is 6.62. The summed E-state index contributed by atoms with van der Waals surface area (Å²) < 4.78 is 10.4. The van der Waals surface area contributed by atoms with Crippen molar-refractivity contribution in [1.82, 2.24) is 9.97 Å². The molecule has 1 aliphatic heterocycles. The molecule has 1 atom stereocenters. The van der Waals surface area contributed by atoms with Gasteiger partial charge in [-0.15, -0.1) is 0 Å². The monoisotopic (exact) mass is 393 g/mol. The number of phenolic OH excluding ortho intramolecular Hbond substituents is 1. The number of fused-ring (bicyclic) bond motifs is 1. The van der Waals surface area contributed by atoms with Crippen LogP contribution in [0.3, 0.4) is 0 Å². The summed E-state index contributed by atoms with van der Waals surface area (Å²) >= 11 is 0. The second kappa shape index (κ2) is 7.31. The van der Waals surface area contributed by atoms with Crippen LogP contribution in [0.1, 0.15) is 23.5 Å². The number of hydrogen-bond acceptors (Lipinski definition) is 6. The highest BCUT2D eigenvalue weighted by atomic mass is 16.5. The molecule has 8 nitrogen and oxygen atoms in total. The molecule has 0 radical (unpaired) electrons. The number of nitrogens with zero attached hydrogens (tertiary/aromatic N) is 1. The van der Waals surface area contributed by atoms with Crippen molar-refractivity contribution in [3.05, 3.63) is 63.9 Å². The predicted octanol–water partition coefficient (Wildman–Crippen LogP) is 2.63. The number of methoxy groups -OCH3 is 2. The van der Waals surface area contributed by atoms with Crippen molar-refractivity contribution < 1.29 is 19.4 Å². The zero-order chi connectivity index (χ0) is 20.5. The summed E-state index contributed by atoms with van der Waals surface area (Å²) in [4.78, 5) is 32.6. The van der Waals surface area contributed by atoms with Gasteiger partial charge >= 0.3 is 0 Å². The molecule has 0 spiro atoms. The molecule has 2 aromatic carbocycles. The Morgan fingerprint density at radius 2 is 1.72 bits per heavy atom. The fourth-order valence-corrected chi connectivity index (χ4v) is 3.50. The Morgan fingerprint density at radius 1 is 1.07 bits per heavy atom. The van der Waals surface area contributed by atoms with E-state index in [1.165, 1.54) is 14.2 Å². The van der Waals surface area contributed by atoms with Crippen LogP contribution in [0.15, 0.2) is 47.3 Å². The lowest BCUT2D eigenvalue weighted by atomic mass is 9.86. The van der Waals surface area contributed by atoms with E-state index in [4.69, 9.17) is 9.47 Å². The molecule has 29 heavy (non-hydrogen) atoms. The smallest absolute Gasteiger partial charge is 0.257 e. The van der Waals surface area contributed by atoms with Crippen molar-refractivity contribution in [2.75, 3.05) is 19.5 Å². The maximum absolute atomic E-state index is 13.0. The Morgan fingerprint density at radius 3 is 2.34 bits per heavy atom. The Balaban J connectivity index is 1.88. The first-order valence-corrected chi connectivity index (χ1v) is 8.96. The highest BCUT2D eigenvalue weighted by Crippen LogP contribution is 2.42. The quantitative estimate of drug-likeness (QED) is 0.628. The highest BCUT2D eigenvalue weighted by Gasteiger charge is 2.32. The van der Waals surface area contributed by atoms with Gasteiger partial charge in [0.25, 0.3) is 5.56 Å². The van der Waals surface area contributed by atoms with Crippen molar-refractivity contribution in [3.63, 3.8) is 0 Å². The molecule has 0 saturated carbocycles. The maximum atomic E-state index is 13.0. The van der Waals surface area contributed by atoms with Gasteiger partial charge in [0.2, 0.25) is 11.7 Å². The Kier molecular flexibility index (Phi) is 4.67. The molecule has 3 aromatic rings. The van der Waals surface area contributed by atoms with Crippen LogP contribution in [0.5, 0.6) is 17.2 Å². The second-order valence-electron chi connectivity index (χ2n) is 6.62. The van der Waals surface area contributed by atoms with Crippen LogP contribution < -0.4 is 20.3 Å². The van der Waals surface area contributed by atoms with Gasteiger partial charge in [-0.05, 0) is 17.7 Å². The summed E-state index contributed by atoms with van der Waals surface area (Å²) in [5.74, 6) is 0.00455. The Labute approximate surface area is 166 Å². The lowest BCUT2D eigenvalue weighted by Gasteiger charge is -2.25. The van der Waals surface area contributed by atoms with E-state index in [-0.39, 0.29) is 41.0 Å². The van der Waals surface area contributed by atoms with E-state index in [9.17, 15) is 14.7 Å². The summed E-state index contributed by atoms with van der Waals surface area (Å²) in [7, 11) is 2.83. The van der Waals surface area contributed by atoms with E-state index in [0.717, 1.165) is 5.56 Å². The van der Waals surface area contributed by atoms with Crippen LogP contribution in [-0.2, 0) is 4.79 Å². The van der Waals surface area contributed by atoms with Gasteiger partial charge in [-0.1, -0.05) is 30.3 Å². The van der Waals surface area contributed by atoms with Gasteiger partial charge in [-0.3, -0.25) is 9.59 Å². The zero-order valence-corrected chi connectivity index (χ0v) is 15.9. The Bertz CT molecular complexity index is 1120. The third-order valence-electron chi connectivity index (χ3n) is 4.90. The lowest BCUT2D eigenvalue weighted by molar-refractivity contribution is -0.116. The van der Waals surface area contributed by atoms with Crippen molar-refractivity contribution in [2.24, 2.45) is 0 Å². The molecule has 4 rings (SSSR count). The van der Waals surface area contributed by atoms with Gasteiger partial charge in [0.1, 0.15) is 11.6 Å². The van der Waals surface area contributed by atoms with E-state index in [1.54, 1.807) is 12.1 Å². The fraction of sp³-hybridized carbons (Fsp3) is 0.190. The third kappa shape index (κ3) is 3.29. The van der Waals surface area contributed by atoms with E-state index in [1.807, 2.05) is 30.3 Å². The number of anilines is 1. The molecular weight excluding hydrogens is 374 g/mol. The molecule has 0 aliphatic carbocycles. The summed E-state index contributed by atoms with van der Waals surface area (Å²) in [6, 6.07) is 12.4. The molecule has 2 heterocycles. The van der Waals surface area contributed by atoms with Crippen LogP contribution in [-0.4, -0.2) is 35.2 Å². The molecule has 1 aliphatic rings. The average molecular weight is 393 g/mol. The molecule has 0 fully saturated rings. The number of carbonyl (C=O) groups excluding carboxylic acids is 1. The topological polar surface area (TPSA) is 114 Å². The van der Waals surface area contributed by atoms with Crippen LogP contribution in [0, 0.1) is 0 Å². The number of aromatic nitrogens is 2. The minimum Gasteiger partial charge on any atom is -0.502 e. The van der Waals surface area contributed by atoms with Crippen molar-refractivity contribution >= 4 is 11.7 Å². The van der Waals surface area contributed by atoms with Crippen LogP contribution >= 0.6 is 0 Å². The maximum Gasteiger partial charge on any atom is 0.257 e. The predicted molar refractivity (Wildman–Crippen MR) is 107 cm³/mol. The molecule has 1 aromatic heterocycles. The highest BCUT2D eigenvalue weighted by molar-refractivity contribution is 5.94. The summed E-state index contributed by atoms with van der Waals surface area (Å²) in [5, 5.41) is 12.9. The number of carbonyl (C=O) groups is 1. The van der Waals surface area contributed by atoms with Crippen LogP contribution in [0.4, 0.5) is 5.82 Å². The molecule has 1 amide bonds. The number of aromatic amines is 1. The van der Waals surface area contributed by atoms with Crippen LogP contribution in [0.25, 0.3) is 11.4 Å². The van der Waals surface area contributed by atoms with Crippen molar-refractivity contribution in [1.29, 1.82) is 0 Å². The largest absolute Gasteiger partial charge is 0.502 e. The number of hydrogen-bond donors (Lipinski definition) is 3. The average Bonchev–Trinajstić information content (AvgIpc) is 2.73. The van der Waals surface area contributed by atoms with Crippen molar-refractivity contribution in [3.8, 4) is 28.6 Å². The first-order valence-electron chi connectivity index (χ1n) is 8.96. The zero-order valence-electron chi connectivity index (χ0n) is 15.9. The summed E-state index contributed by atoms with van der Waals surface area (Å²) in [6.45, 7) is 0. The van der Waals surface area contributed by atoms with Gasteiger partial charge in [0, 0.05) is 17.9 Å². The number of ether oxygens (including phenoxy) is 2. The summed E-state index contributed by atoms with van der Waals surface area (Å²) in [6.07, 6.45) is 0.0551. The minimum absolute atomic E-state index is 0.0551. The van der Waals surface area contributed by atoms with Gasteiger partial charge in [-0.2, -0.15) is 0 Å². The number of rotatable bonds is 4. The number of benzene rings is 2. The molecular formula is C21H19N3O5. The number of H-pyrrole nitrogens is 1. The van der Waals surface area contributed by atoms with E-state index in [0.29, 0.717) is 17.0 Å². The van der Waals surface area contributed by atoms with E-state index < -0.39 is 5.92 Å². The van der Waals surface area contributed by atoms with Gasteiger partial charge in [0.05, 0.1) is 19.8 Å². The third-order valence-corrected chi connectivity index (χ3v) is 4.90. The number of phenols is 1. The first kappa shape index (κ1) is 18.5. The molecule has 8 heteroatoms. The number of aromatic hydroxyl groups is 1. The molecule has 1 unspecified atom stereocenters. The van der Waals surface area contributed by atoms with Gasteiger partial charge < -0.3 is 24.9 Å². The summed E-state index contributed by atoms with van der Waals surface area (Å²) in [5.41, 5.74) is 1.34. The number of amides is 1. The molecule has 0 saturated heterocycles.